The van der Waals surface area contributed by atoms with Crippen LogP contribution in [0.15, 0.2) is 30.3 Å². The first-order chi connectivity index (χ1) is 6.33. The standard InChI is InChI=1S/C11H17NO.ClH/c1-2-13-9-11(12)8-10-6-4-3-5-7-10;/h3-7,11H,2,8-9,12H2,1H3;1H/t11-;/m1./s1. The lowest BCUT2D eigenvalue weighted by atomic mass is 10.1. The highest BCUT2D eigenvalue weighted by molar-refractivity contribution is 5.85. The van der Waals surface area contributed by atoms with E-state index >= 15 is 0 Å². The van der Waals surface area contributed by atoms with Gasteiger partial charge in [-0.25, -0.2) is 0 Å². The molecular formula is C11H18ClNO. The lowest BCUT2D eigenvalue weighted by Crippen LogP contribution is -2.28. The Balaban J connectivity index is 0.00000169. The molecule has 0 unspecified atom stereocenters. The Kier molecular flexibility index (Phi) is 7.48. The van der Waals surface area contributed by atoms with Crippen LogP contribution in [0.3, 0.4) is 0 Å². The summed E-state index contributed by atoms with van der Waals surface area (Å²) in [6, 6.07) is 10.4. The van der Waals surface area contributed by atoms with E-state index in [0.29, 0.717) is 6.61 Å². The molecule has 0 fully saturated rings. The molecule has 0 spiro atoms. The predicted octanol–water partition coefficient (Wildman–Crippen LogP) is 2.01. The van der Waals surface area contributed by atoms with E-state index in [1.54, 1.807) is 0 Å². The Labute approximate surface area is 91.9 Å². The second kappa shape index (κ2) is 7.80. The SMILES string of the molecule is CCOC[C@H](N)Cc1ccccc1.Cl. The lowest BCUT2D eigenvalue weighted by Gasteiger charge is -2.10. The van der Waals surface area contributed by atoms with Gasteiger partial charge in [-0.05, 0) is 18.9 Å². The van der Waals surface area contributed by atoms with E-state index in [9.17, 15) is 0 Å². The molecule has 3 heteroatoms. The van der Waals surface area contributed by atoms with Crippen LogP contribution in [0.1, 0.15) is 12.5 Å². The molecule has 0 aliphatic rings. The summed E-state index contributed by atoms with van der Waals surface area (Å²) in [5, 5.41) is 0. The molecule has 0 aliphatic heterocycles. The minimum atomic E-state index is 0. The Morgan fingerprint density at radius 2 is 1.93 bits per heavy atom. The first kappa shape index (κ1) is 13.4. The number of rotatable bonds is 5. The molecule has 0 bridgehead atoms. The highest BCUT2D eigenvalue weighted by atomic mass is 35.5. The zero-order valence-electron chi connectivity index (χ0n) is 8.48. The largest absolute Gasteiger partial charge is 0.380 e. The molecule has 0 aromatic heterocycles. The summed E-state index contributed by atoms with van der Waals surface area (Å²) in [4.78, 5) is 0. The molecule has 0 heterocycles. The smallest absolute Gasteiger partial charge is 0.0620 e. The average molecular weight is 216 g/mol. The van der Waals surface area contributed by atoms with Gasteiger partial charge in [-0.2, -0.15) is 0 Å². The van der Waals surface area contributed by atoms with Gasteiger partial charge in [0.1, 0.15) is 0 Å². The van der Waals surface area contributed by atoms with Gasteiger partial charge in [0, 0.05) is 12.6 Å². The molecule has 14 heavy (non-hydrogen) atoms. The van der Waals surface area contributed by atoms with Crippen LogP contribution >= 0.6 is 12.4 Å². The zero-order chi connectivity index (χ0) is 9.52. The third-order valence-electron chi connectivity index (χ3n) is 1.88. The Morgan fingerprint density at radius 1 is 1.29 bits per heavy atom. The lowest BCUT2D eigenvalue weighted by molar-refractivity contribution is 0.133. The van der Waals surface area contributed by atoms with Gasteiger partial charge < -0.3 is 10.5 Å². The van der Waals surface area contributed by atoms with Crippen molar-refractivity contribution in [2.45, 2.75) is 19.4 Å². The third-order valence-corrected chi connectivity index (χ3v) is 1.88. The molecule has 2 nitrogen and oxygen atoms in total. The van der Waals surface area contributed by atoms with Crippen LogP contribution < -0.4 is 5.73 Å². The van der Waals surface area contributed by atoms with Gasteiger partial charge >= 0.3 is 0 Å². The van der Waals surface area contributed by atoms with Gasteiger partial charge in [0.15, 0.2) is 0 Å². The summed E-state index contributed by atoms with van der Waals surface area (Å²) in [6.45, 7) is 3.36. The molecule has 0 aliphatic carbocycles. The molecule has 0 radical (unpaired) electrons. The van der Waals surface area contributed by atoms with Crippen LogP contribution in [0, 0.1) is 0 Å². The van der Waals surface area contributed by atoms with Crippen molar-refractivity contribution in [2.24, 2.45) is 5.73 Å². The molecule has 0 saturated heterocycles. The van der Waals surface area contributed by atoms with E-state index in [1.807, 2.05) is 25.1 Å². The summed E-state index contributed by atoms with van der Waals surface area (Å²) >= 11 is 0. The van der Waals surface area contributed by atoms with Gasteiger partial charge in [0.25, 0.3) is 0 Å². The number of hydrogen-bond acceptors (Lipinski definition) is 2. The summed E-state index contributed by atoms with van der Waals surface area (Å²) in [6.07, 6.45) is 0.890. The first-order valence-corrected chi connectivity index (χ1v) is 4.70. The molecule has 1 aromatic rings. The number of nitrogens with two attached hydrogens (primary N) is 1. The number of benzene rings is 1. The molecule has 80 valence electrons. The number of hydrogen-bond donors (Lipinski definition) is 1. The maximum absolute atomic E-state index is 5.87. The number of ether oxygens (including phenoxy) is 1. The second-order valence-corrected chi connectivity index (χ2v) is 3.11. The van der Waals surface area contributed by atoms with Crippen molar-refractivity contribution in [3.8, 4) is 0 Å². The average Bonchev–Trinajstić information content (AvgIpc) is 2.16. The van der Waals surface area contributed by atoms with Crippen molar-refractivity contribution < 1.29 is 4.74 Å². The van der Waals surface area contributed by atoms with Crippen LogP contribution in [0.25, 0.3) is 0 Å². The Bertz CT molecular complexity index is 228. The monoisotopic (exact) mass is 215 g/mol. The normalized spacial score (nSPS) is 11.9. The fourth-order valence-electron chi connectivity index (χ4n) is 1.24. The van der Waals surface area contributed by atoms with Crippen LogP contribution in [0.2, 0.25) is 0 Å². The van der Waals surface area contributed by atoms with E-state index in [-0.39, 0.29) is 18.4 Å². The highest BCUT2D eigenvalue weighted by Gasteiger charge is 2.02. The fraction of sp³-hybridized carbons (Fsp3) is 0.455. The maximum atomic E-state index is 5.87. The first-order valence-electron chi connectivity index (χ1n) is 4.70. The van der Waals surface area contributed by atoms with E-state index in [2.05, 4.69) is 12.1 Å². The number of halogens is 1. The molecule has 0 saturated carbocycles. The maximum Gasteiger partial charge on any atom is 0.0620 e. The van der Waals surface area contributed by atoms with Crippen molar-refractivity contribution in [1.29, 1.82) is 0 Å². The van der Waals surface area contributed by atoms with Crippen LogP contribution in [-0.2, 0) is 11.2 Å². The minimum absolute atomic E-state index is 0. The molecule has 0 amide bonds. The van der Waals surface area contributed by atoms with Crippen molar-refractivity contribution in [3.05, 3.63) is 35.9 Å². The minimum Gasteiger partial charge on any atom is -0.380 e. The quantitative estimate of drug-likeness (QED) is 0.816. The van der Waals surface area contributed by atoms with Gasteiger partial charge in [0.2, 0.25) is 0 Å². The molecule has 2 N–H and O–H groups in total. The Hall–Kier alpha value is -0.570. The zero-order valence-corrected chi connectivity index (χ0v) is 9.30. The topological polar surface area (TPSA) is 35.2 Å². The highest BCUT2D eigenvalue weighted by Crippen LogP contribution is 2.01. The van der Waals surface area contributed by atoms with Crippen LogP contribution in [0.4, 0.5) is 0 Å². The Morgan fingerprint density at radius 3 is 2.50 bits per heavy atom. The van der Waals surface area contributed by atoms with Crippen molar-refractivity contribution >= 4 is 12.4 Å². The summed E-state index contributed by atoms with van der Waals surface area (Å²) in [7, 11) is 0. The van der Waals surface area contributed by atoms with Gasteiger partial charge in [-0.3, -0.25) is 0 Å². The third kappa shape index (κ3) is 5.22. The van der Waals surface area contributed by atoms with Crippen molar-refractivity contribution in [3.63, 3.8) is 0 Å². The second-order valence-electron chi connectivity index (χ2n) is 3.11. The summed E-state index contributed by atoms with van der Waals surface area (Å²) in [5.74, 6) is 0. The molecule has 1 rings (SSSR count). The summed E-state index contributed by atoms with van der Waals surface area (Å²) in [5.41, 5.74) is 7.14. The van der Waals surface area contributed by atoms with E-state index < -0.39 is 0 Å². The van der Waals surface area contributed by atoms with Crippen LogP contribution in [-0.4, -0.2) is 19.3 Å². The van der Waals surface area contributed by atoms with Gasteiger partial charge in [0.05, 0.1) is 6.61 Å². The van der Waals surface area contributed by atoms with Crippen molar-refractivity contribution in [2.75, 3.05) is 13.2 Å². The van der Waals surface area contributed by atoms with E-state index in [4.69, 9.17) is 10.5 Å². The van der Waals surface area contributed by atoms with Crippen molar-refractivity contribution in [1.82, 2.24) is 0 Å². The fourth-order valence-corrected chi connectivity index (χ4v) is 1.24. The van der Waals surface area contributed by atoms with E-state index in [1.165, 1.54) is 5.56 Å². The molecular weight excluding hydrogens is 198 g/mol. The van der Waals surface area contributed by atoms with E-state index in [0.717, 1.165) is 13.0 Å². The van der Waals surface area contributed by atoms with Gasteiger partial charge in [-0.15, -0.1) is 12.4 Å². The molecule has 1 aromatic carbocycles. The van der Waals surface area contributed by atoms with Gasteiger partial charge in [-0.1, -0.05) is 30.3 Å². The predicted molar refractivity (Wildman–Crippen MR) is 61.9 cm³/mol. The molecule has 1 atom stereocenters. The summed E-state index contributed by atoms with van der Waals surface area (Å²) < 4.78 is 5.24. The van der Waals surface area contributed by atoms with Crippen LogP contribution in [0.5, 0.6) is 0 Å².